The van der Waals surface area contributed by atoms with Gasteiger partial charge in [0.15, 0.2) is 11.5 Å². The molecule has 0 saturated heterocycles. The number of carbonyl (C=O) groups is 2. The number of rotatable bonds is 6. The van der Waals surface area contributed by atoms with Crippen molar-refractivity contribution in [2.45, 2.75) is 77.8 Å². The third-order valence-electron chi connectivity index (χ3n) is 6.76. The van der Waals surface area contributed by atoms with Gasteiger partial charge in [0.05, 0.1) is 19.7 Å². The number of hydrogen-bond acceptors (Lipinski definition) is 6. The van der Waals surface area contributed by atoms with E-state index in [0.29, 0.717) is 11.5 Å². The van der Waals surface area contributed by atoms with E-state index in [2.05, 4.69) is 67.7 Å². The van der Waals surface area contributed by atoms with E-state index in [0.717, 1.165) is 12.1 Å². The predicted octanol–water partition coefficient (Wildman–Crippen LogP) is 7.53. The average Bonchev–Trinajstić information content (AvgIpc) is 2.75. The van der Waals surface area contributed by atoms with Crippen molar-refractivity contribution in [1.29, 1.82) is 0 Å². The number of benzene rings is 2. The van der Waals surface area contributed by atoms with E-state index < -0.39 is 41.5 Å². The van der Waals surface area contributed by atoms with Crippen LogP contribution in [0.2, 0.25) is 36.3 Å². The molecule has 2 aromatic rings. The van der Waals surface area contributed by atoms with Crippen LogP contribution in [0.15, 0.2) is 36.4 Å². The van der Waals surface area contributed by atoms with E-state index in [-0.39, 0.29) is 27.0 Å². The number of halogens is 1. The molecule has 0 aliphatic heterocycles. The van der Waals surface area contributed by atoms with Gasteiger partial charge in [0.2, 0.25) is 0 Å². The molecule has 0 radical (unpaired) electrons. The maximum absolute atomic E-state index is 11.4. The molecule has 4 N–H and O–H groups in total. The number of aromatic carboxylic acids is 2. The lowest BCUT2D eigenvalue weighted by atomic mass is 10.2. The zero-order valence-electron chi connectivity index (χ0n) is 25.0. The molecule has 0 heterocycles. The van der Waals surface area contributed by atoms with Gasteiger partial charge in [-0.15, -0.1) is 0 Å². The summed E-state index contributed by atoms with van der Waals surface area (Å²) in [4.78, 5) is 21.7. The van der Waals surface area contributed by atoms with Gasteiger partial charge in [-0.25, -0.2) is 9.59 Å². The highest BCUT2D eigenvalue weighted by Gasteiger charge is 2.42. The Balaban J connectivity index is 0.000000849. The van der Waals surface area contributed by atoms with Crippen molar-refractivity contribution in [2.75, 3.05) is 7.15 Å². The van der Waals surface area contributed by atoms with Gasteiger partial charge in [0.1, 0.15) is 11.5 Å². The molecule has 8 nitrogen and oxygen atoms in total. The first-order valence-corrected chi connectivity index (χ1v) is 17.7. The molecular weight excluding hydrogens is 527 g/mol. The molecule has 11 heteroatoms. The van der Waals surface area contributed by atoms with Crippen LogP contribution < -0.4 is 8.85 Å². The maximum atomic E-state index is 11.4. The second kappa shape index (κ2) is 13.1. The predicted molar refractivity (Wildman–Crippen MR) is 153 cm³/mol. The summed E-state index contributed by atoms with van der Waals surface area (Å²) in [7, 11) is -5.17. The number of phenolic OH excluding ortho intramolecular Hbond substituents is 2. The first-order valence-electron chi connectivity index (χ1n) is 12.6. The number of aromatic hydroxyl groups is 2. The molecule has 0 fully saturated rings. The van der Waals surface area contributed by atoms with Gasteiger partial charge in [-0.3, -0.25) is 4.39 Å². The van der Waals surface area contributed by atoms with Gasteiger partial charge in [0.25, 0.3) is 16.6 Å². The van der Waals surface area contributed by atoms with E-state index in [1.54, 1.807) is 18.2 Å². The number of alkyl halides is 1. The van der Waals surface area contributed by atoms with E-state index >= 15 is 0 Å². The topological polar surface area (TPSA) is 134 Å². The van der Waals surface area contributed by atoms with Crippen LogP contribution in [0.5, 0.6) is 23.0 Å². The lowest BCUT2D eigenvalue weighted by molar-refractivity contribution is 0.0685. The van der Waals surface area contributed by atoms with Gasteiger partial charge in [-0.05, 0) is 72.7 Å². The summed E-state index contributed by atoms with van der Waals surface area (Å²) in [6, 6.07) is 8.24. The Labute approximate surface area is 228 Å². The van der Waals surface area contributed by atoms with Crippen molar-refractivity contribution in [1.82, 2.24) is 0 Å². The molecule has 0 aliphatic rings. The Bertz CT molecular complexity index is 1130. The van der Waals surface area contributed by atoms with Crippen LogP contribution >= 0.6 is 0 Å². The van der Waals surface area contributed by atoms with Gasteiger partial charge >= 0.3 is 11.9 Å². The molecule has 0 bridgehead atoms. The minimum absolute atomic E-state index is 0.0144. The van der Waals surface area contributed by atoms with Crippen LogP contribution in [-0.2, 0) is 0 Å². The first-order chi connectivity index (χ1) is 17.5. The first kappa shape index (κ1) is 33.0. The average molecular weight is 572 g/mol. The molecule has 38 heavy (non-hydrogen) atoms. The minimum atomic E-state index is -2.11. The van der Waals surface area contributed by atoms with Crippen molar-refractivity contribution < 1.29 is 44.6 Å². The highest BCUT2D eigenvalue weighted by Crippen LogP contribution is 2.43. The zero-order valence-corrected chi connectivity index (χ0v) is 26.0. The molecule has 0 aliphatic carbocycles. The van der Waals surface area contributed by atoms with Crippen molar-refractivity contribution >= 4 is 28.6 Å². The lowest BCUT2D eigenvalue weighted by Gasteiger charge is -2.39. The Morgan fingerprint density at radius 2 is 1.11 bits per heavy atom. The summed E-state index contributed by atoms with van der Waals surface area (Å²) in [6.07, 6.45) is 0. The monoisotopic (exact) mass is 571 g/mol. The number of hydrogen-bond donors (Lipinski definition) is 4. The number of carboxylic acid groups (broad SMARTS) is 2. The molecular formula is C27H43FO8Si2. The molecule has 0 aromatic heterocycles. The van der Waals surface area contributed by atoms with Crippen LogP contribution in [0.1, 0.15) is 63.6 Å². The fraction of sp³-hybridized carbons (Fsp3) is 0.481. The molecule has 2 rings (SSSR count). The highest BCUT2D eigenvalue weighted by atomic mass is 28.4. The van der Waals surface area contributed by atoms with Crippen molar-refractivity contribution in [3.63, 3.8) is 0 Å². The summed E-state index contributed by atoms with van der Waals surface area (Å²) < 4.78 is 28.4. The minimum Gasteiger partial charge on any atom is -0.541 e. The largest absolute Gasteiger partial charge is 0.541 e. The van der Waals surface area contributed by atoms with Gasteiger partial charge < -0.3 is 29.3 Å². The van der Waals surface area contributed by atoms with Crippen molar-refractivity contribution in [2.24, 2.45) is 0 Å². The summed E-state index contributed by atoms with van der Waals surface area (Å²) in [6.45, 7) is 21.7. The second-order valence-electron chi connectivity index (χ2n) is 11.7. The van der Waals surface area contributed by atoms with Gasteiger partial charge in [0, 0.05) is 0 Å². The third kappa shape index (κ3) is 9.68. The van der Waals surface area contributed by atoms with Crippen LogP contribution in [-0.4, -0.2) is 56.2 Å². The summed E-state index contributed by atoms with van der Waals surface area (Å²) in [5.74, 6) is -1.64. The van der Waals surface area contributed by atoms with E-state index in [1.807, 2.05) is 0 Å². The van der Waals surface area contributed by atoms with Crippen molar-refractivity contribution in [3.05, 3.63) is 47.5 Å². The van der Waals surface area contributed by atoms with Gasteiger partial charge in [-0.2, -0.15) is 0 Å². The summed E-state index contributed by atoms with van der Waals surface area (Å²) >= 11 is 0. The Hall–Kier alpha value is -3.06. The fourth-order valence-corrected chi connectivity index (χ4v) is 4.36. The molecule has 0 amide bonds. The highest BCUT2D eigenvalue weighted by molar-refractivity contribution is 6.75. The van der Waals surface area contributed by atoms with Crippen molar-refractivity contribution in [3.8, 4) is 23.0 Å². The summed E-state index contributed by atoms with van der Waals surface area (Å²) in [5, 5.41) is 35.4. The SMILES string of the molecule is CC(C)(C)[Si](C)(C)Oc1ccc(C(=O)O)cc1O[Si](C)(C)C(C)(C)C.O=C(O)c1ccc(O)c(O)c1.[2H]CF. The van der Waals surface area contributed by atoms with E-state index in [9.17, 15) is 19.1 Å². The molecule has 0 spiro atoms. The van der Waals surface area contributed by atoms with E-state index in [1.165, 1.54) is 6.07 Å². The molecule has 0 unspecified atom stereocenters. The standard InChI is InChI=1S/C19H34O4Si2.C7H6O4.CH3F/c1-18(2,3)24(7,8)22-15-12-11-14(17(20)21)13-16(15)23-25(9,10)19(4,5)6;8-5-2-1-4(7(10)11)3-6(5)9;1-2/h11-13H,1-10H3,(H,20,21);1-3,8-9H,(H,10,11);1H3/i;;1D. The lowest BCUT2D eigenvalue weighted by Crippen LogP contribution is -2.45. The molecule has 0 atom stereocenters. The smallest absolute Gasteiger partial charge is 0.335 e. The van der Waals surface area contributed by atoms with E-state index in [4.69, 9.17) is 25.5 Å². The third-order valence-corrected chi connectivity index (χ3v) is 15.4. The fourth-order valence-electron chi connectivity index (χ4n) is 2.32. The quantitative estimate of drug-likeness (QED) is 0.206. The zero-order chi connectivity index (χ0) is 31.0. The van der Waals surface area contributed by atoms with Crippen LogP contribution in [0.25, 0.3) is 0 Å². The number of carboxylic acids is 2. The molecule has 214 valence electrons. The Kier molecular flexibility index (Phi) is 11.4. The normalized spacial score (nSPS) is 12.1. The van der Waals surface area contributed by atoms with Crippen LogP contribution in [0.4, 0.5) is 4.39 Å². The summed E-state index contributed by atoms with van der Waals surface area (Å²) in [5.41, 5.74) is 0.164. The Morgan fingerprint density at radius 1 is 0.737 bits per heavy atom. The van der Waals surface area contributed by atoms with Gasteiger partial charge in [-0.1, -0.05) is 41.5 Å². The second-order valence-corrected chi connectivity index (χ2v) is 21.1. The van der Waals surface area contributed by atoms with Crippen LogP contribution in [0, 0.1) is 0 Å². The molecule has 0 saturated carbocycles. The van der Waals surface area contributed by atoms with Crippen LogP contribution in [0.3, 0.4) is 0 Å². The maximum Gasteiger partial charge on any atom is 0.335 e. The Morgan fingerprint density at radius 3 is 1.47 bits per heavy atom. The number of phenols is 2. The molecule has 2 aromatic carbocycles.